The van der Waals surface area contributed by atoms with E-state index in [2.05, 4.69) is 10.6 Å². The number of carbonyl (C=O) groups is 3. The van der Waals surface area contributed by atoms with Crippen LogP contribution in [0.4, 0.5) is 4.79 Å². The molecule has 2 unspecified atom stereocenters. The van der Waals surface area contributed by atoms with Crippen LogP contribution in [0.3, 0.4) is 0 Å². The van der Waals surface area contributed by atoms with E-state index in [1.807, 2.05) is 67.6 Å². The lowest BCUT2D eigenvalue weighted by Crippen LogP contribution is -2.50. The van der Waals surface area contributed by atoms with E-state index in [0.29, 0.717) is 35.0 Å². The lowest BCUT2D eigenvalue weighted by Gasteiger charge is -2.32. The predicted molar refractivity (Wildman–Crippen MR) is 153 cm³/mol. The normalized spacial score (nSPS) is 17.4. The zero-order chi connectivity index (χ0) is 28.1. The average molecular weight is 559 g/mol. The number of nitrogens with one attached hydrogen (secondary N) is 2. The number of nitrogens with zero attached hydrogens (tertiary/aromatic N) is 2. The summed E-state index contributed by atoms with van der Waals surface area (Å²) in [5.41, 5.74) is 2.77. The molecule has 5 rings (SSSR count). The van der Waals surface area contributed by atoms with E-state index in [0.717, 1.165) is 11.1 Å². The number of likely N-dealkylation sites (N-methyl/N-ethyl adjacent to an activating group) is 1. The molecule has 0 spiro atoms. The zero-order valence-corrected chi connectivity index (χ0v) is 22.9. The largest absolute Gasteiger partial charge is 0.492 e. The Bertz CT molecular complexity index is 1400. The number of benzene rings is 3. The summed E-state index contributed by atoms with van der Waals surface area (Å²) in [6, 6.07) is 24.3. The van der Waals surface area contributed by atoms with Gasteiger partial charge < -0.3 is 20.3 Å². The minimum absolute atomic E-state index is 0.158. The van der Waals surface area contributed by atoms with Crippen molar-refractivity contribution in [3.05, 3.63) is 112 Å². The quantitative estimate of drug-likeness (QED) is 0.362. The van der Waals surface area contributed by atoms with Gasteiger partial charge in [-0.1, -0.05) is 72.3 Å². The molecule has 0 bridgehead atoms. The molecule has 0 radical (unpaired) electrons. The summed E-state index contributed by atoms with van der Waals surface area (Å²) in [4.78, 5) is 43.9. The Morgan fingerprint density at radius 2 is 1.70 bits per heavy atom. The van der Waals surface area contributed by atoms with Crippen molar-refractivity contribution in [1.82, 2.24) is 20.4 Å². The number of ether oxygens (including phenoxy) is 1. The molecule has 9 heteroatoms. The second-order valence-corrected chi connectivity index (χ2v) is 10.1. The minimum Gasteiger partial charge on any atom is -0.492 e. The summed E-state index contributed by atoms with van der Waals surface area (Å²) >= 11 is 6.09. The van der Waals surface area contributed by atoms with Gasteiger partial charge in [0.1, 0.15) is 18.4 Å². The van der Waals surface area contributed by atoms with E-state index >= 15 is 0 Å². The van der Waals surface area contributed by atoms with Crippen molar-refractivity contribution in [2.75, 3.05) is 26.2 Å². The van der Waals surface area contributed by atoms with E-state index in [1.54, 1.807) is 34.1 Å². The van der Waals surface area contributed by atoms with Crippen LogP contribution in [0.25, 0.3) is 0 Å². The summed E-state index contributed by atoms with van der Waals surface area (Å²) < 4.78 is 5.72. The molecular formula is C31H31ClN4O4. The first-order valence-corrected chi connectivity index (χ1v) is 13.7. The van der Waals surface area contributed by atoms with Crippen molar-refractivity contribution in [3.63, 3.8) is 0 Å². The summed E-state index contributed by atoms with van der Waals surface area (Å²) in [5, 5.41) is 6.48. The molecule has 0 saturated carbocycles. The van der Waals surface area contributed by atoms with E-state index in [9.17, 15) is 14.4 Å². The number of amides is 4. The fourth-order valence-corrected chi connectivity index (χ4v) is 5.29. The molecule has 2 heterocycles. The SMILES string of the molecule is CCN1C(=O)NC(c2ccc(Cl)cc2)C2=C1CN(C(Cc1ccccc1)C(=O)NCCOc1ccccc1)C2=O. The maximum Gasteiger partial charge on any atom is 0.322 e. The number of urea groups is 1. The molecule has 8 nitrogen and oxygen atoms in total. The first-order chi connectivity index (χ1) is 19.5. The third-order valence-corrected chi connectivity index (χ3v) is 7.39. The van der Waals surface area contributed by atoms with Crippen molar-refractivity contribution in [2.45, 2.75) is 25.4 Å². The first kappa shape index (κ1) is 27.3. The molecule has 2 aliphatic rings. The number of hydrogen-bond acceptors (Lipinski definition) is 4. The van der Waals surface area contributed by atoms with Gasteiger partial charge in [0.2, 0.25) is 5.91 Å². The number of halogens is 1. The molecule has 2 atom stereocenters. The van der Waals surface area contributed by atoms with Crippen molar-refractivity contribution >= 4 is 29.4 Å². The van der Waals surface area contributed by atoms with Crippen molar-refractivity contribution in [2.24, 2.45) is 0 Å². The van der Waals surface area contributed by atoms with Crippen molar-refractivity contribution in [1.29, 1.82) is 0 Å². The van der Waals surface area contributed by atoms with Gasteiger partial charge in [-0.05, 0) is 42.3 Å². The Balaban J connectivity index is 1.39. The van der Waals surface area contributed by atoms with E-state index in [-0.39, 0.29) is 37.5 Å². The van der Waals surface area contributed by atoms with Gasteiger partial charge in [-0.2, -0.15) is 0 Å². The second kappa shape index (κ2) is 12.3. The van der Waals surface area contributed by atoms with Crippen molar-refractivity contribution in [3.8, 4) is 5.75 Å². The van der Waals surface area contributed by atoms with Crippen LogP contribution in [0, 0.1) is 0 Å². The maximum absolute atomic E-state index is 14.1. The van der Waals surface area contributed by atoms with Crippen LogP contribution in [-0.2, 0) is 16.0 Å². The van der Waals surface area contributed by atoms with Crippen LogP contribution in [-0.4, -0.2) is 59.9 Å². The van der Waals surface area contributed by atoms with Crippen molar-refractivity contribution < 1.29 is 19.1 Å². The van der Waals surface area contributed by atoms with Gasteiger partial charge >= 0.3 is 6.03 Å². The lowest BCUT2D eigenvalue weighted by atomic mass is 9.95. The van der Waals surface area contributed by atoms with Crippen LogP contribution in [0.15, 0.2) is 96.2 Å². The summed E-state index contributed by atoms with van der Waals surface area (Å²) in [5.74, 6) is 0.165. The molecule has 0 aromatic heterocycles. The van der Waals surface area contributed by atoms with E-state index in [4.69, 9.17) is 16.3 Å². The summed E-state index contributed by atoms with van der Waals surface area (Å²) in [6.45, 7) is 2.98. The molecule has 0 fully saturated rings. The molecular weight excluding hydrogens is 528 g/mol. The highest BCUT2D eigenvalue weighted by Crippen LogP contribution is 2.37. The third-order valence-electron chi connectivity index (χ3n) is 7.13. The molecule has 206 valence electrons. The fourth-order valence-electron chi connectivity index (χ4n) is 5.16. The Morgan fingerprint density at radius 3 is 2.38 bits per heavy atom. The van der Waals surface area contributed by atoms with Gasteiger partial charge in [0.15, 0.2) is 0 Å². The number of carbonyl (C=O) groups excluding carboxylic acids is 3. The Kier molecular flexibility index (Phi) is 8.36. The van der Waals surface area contributed by atoms with Crippen LogP contribution in [0.2, 0.25) is 5.02 Å². The van der Waals surface area contributed by atoms with E-state index in [1.165, 1.54) is 0 Å². The number of para-hydroxylation sites is 1. The fraction of sp³-hybridized carbons (Fsp3) is 0.258. The summed E-state index contributed by atoms with van der Waals surface area (Å²) in [7, 11) is 0. The molecule has 2 aliphatic heterocycles. The third kappa shape index (κ3) is 5.82. The average Bonchev–Trinajstić information content (AvgIpc) is 3.31. The topological polar surface area (TPSA) is 91.0 Å². The van der Waals surface area contributed by atoms with Gasteiger partial charge in [-0.15, -0.1) is 0 Å². The maximum atomic E-state index is 14.1. The van der Waals surface area contributed by atoms with Crippen LogP contribution in [0.1, 0.15) is 24.1 Å². The van der Waals surface area contributed by atoms with Crippen LogP contribution >= 0.6 is 11.6 Å². The first-order valence-electron chi connectivity index (χ1n) is 13.3. The smallest absolute Gasteiger partial charge is 0.322 e. The molecule has 0 aliphatic carbocycles. The molecule has 3 aromatic rings. The van der Waals surface area contributed by atoms with Crippen LogP contribution in [0.5, 0.6) is 5.75 Å². The van der Waals surface area contributed by atoms with Crippen LogP contribution < -0.4 is 15.4 Å². The number of hydrogen-bond donors (Lipinski definition) is 2. The van der Waals surface area contributed by atoms with Gasteiger partial charge in [0, 0.05) is 18.0 Å². The Labute approximate surface area is 238 Å². The van der Waals surface area contributed by atoms with E-state index < -0.39 is 12.1 Å². The van der Waals surface area contributed by atoms with Gasteiger partial charge in [-0.25, -0.2) is 4.79 Å². The highest BCUT2D eigenvalue weighted by molar-refractivity contribution is 6.30. The molecule has 2 N–H and O–H groups in total. The summed E-state index contributed by atoms with van der Waals surface area (Å²) in [6.07, 6.45) is 0.331. The monoisotopic (exact) mass is 558 g/mol. The molecule has 4 amide bonds. The number of rotatable bonds is 10. The predicted octanol–water partition coefficient (Wildman–Crippen LogP) is 4.33. The standard InChI is InChI=1S/C31H31ClN4O4/c1-2-35-26-20-36(30(38)27(26)28(34-31(35)39)22-13-15-23(32)16-14-22)25(19-21-9-5-3-6-10-21)29(37)33-17-18-40-24-11-7-4-8-12-24/h3-16,25,28H,2,17-20H2,1H3,(H,33,37)(H,34,39). The zero-order valence-electron chi connectivity index (χ0n) is 22.2. The molecule has 0 saturated heterocycles. The van der Waals surface area contributed by atoms with Gasteiger partial charge in [0.25, 0.3) is 5.91 Å². The Morgan fingerprint density at radius 1 is 1.02 bits per heavy atom. The molecule has 40 heavy (non-hydrogen) atoms. The molecule has 3 aromatic carbocycles. The minimum atomic E-state index is -0.781. The second-order valence-electron chi connectivity index (χ2n) is 9.63. The highest BCUT2D eigenvalue weighted by atomic mass is 35.5. The van der Waals surface area contributed by atoms with Gasteiger partial charge in [-0.3, -0.25) is 14.5 Å². The lowest BCUT2D eigenvalue weighted by molar-refractivity contribution is -0.136. The highest BCUT2D eigenvalue weighted by Gasteiger charge is 2.46. The Hall–Kier alpha value is -4.30. The van der Waals surface area contributed by atoms with Gasteiger partial charge in [0.05, 0.1) is 30.4 Å².